The Bertz CT molecular complexity index is 501. The zero-order chi connectivity index (χ0) is 17.1. The van der Waals surface area contributed by atoms with Crippen LogP contribution in [0.2, 0.25) is 30.7 Å². The molecule has 0 amide bonds. The molecule has 0 saturated carbocycles. The van der Waals surface area contributed by atoms with Crippen LogP contribution < -0.4 is 0 Å². The lowest BCUT2D eigenvalue weighted by Crippen LogP contribution is -2.34. The van der Waals surface area contributed by atoms with Crippen LogP contribution in [0.15, 0.2) is 24.3 Å². The Kier molecular flexibility index (Phi) is 6.69. The molecule has 0 aromatic heterocycles. The Morgan fingerprint density at radius 1 is 1.23 bits per heavy atom. The van der Waals surface area contributed by atoms with Crippen LogP contribution in [0.5, 0.6) is 0 Å². The summed E-state index contributed by atoms with van der Waals surface area (Å²) < 4.78 is 0. The number of alkyl halides is 1. The minimum absolute atomic E-state index is 0.0323. The molecule has 0 unspecified atom stereocenters. The quantitative estimate of drug-likeness (QED) is 0.528. The van der Waals surface area contributed by atoms with Gasteiger partial charge in [0.25, 0.3) is 0 Å². The predicted molar refractivity (Wildman–Crippen MR) is 97.6 cm³/mol. The number of Topliss-reactive ketones (excluding diaryl/α,β-unsaturated/α-hetero) is 1. The molecule has 5 heteroatoms. The monoisotopic (exact) mass is 360 g/mol. The average molecular weight is 361 g/mol. The van der Waals surface area contributed by atoms with Gasteiger partial charge in [-0.3, -0.25) is 4.79 Å². The van der Waals surface area contributed by atoms with Crippen molar-refractivity contribution in [3.8, 4) is 0 Å². The van der Waals surface area contributed by atoms with E-state index in [1.807, 2.05) is 13.8 Å². The fraction of sp³-hybridized carbons (Fsp3) is 0.588. The van der Waals surface area contributed by atoms with Gasteiger partial charge in [-0.05, 0) is 37.6 Å². The molecular formula is C17H26Cl2O2Si. The number of aliphatic hydroxyl groups is 1. The molecule has 0 aliphatic heterocycles. The molecule has 2 nitrogen and oxygen atoms in total. The summed E-state index contributed by atoms with van der Waals surface area (Å²) in [6.07, 6.45) is -0.551. The number of hydrogen-bond acceptors (Lipinski definition) is 2. The Balaban J connectivity index is 3.03. The summed E-state index contributed by atoms with van der Waals surface area (Å²) in [5.41, 5.74) is 0.730. The van der Waals surface area contributed by atoms with E-state index >= 15 is 0 Å². The van der Waals surface area contributed by atoms with Crippen molar-refractivity contribution in [1.29, 1.82) is 0 Å². The number of carbonyl (C=O) groups is 1. The van der Waals surface area contributed by atoms with Crippen molar-refractivity contribution in [3.05, 3.63) is 34.9 Å². The molecule has 0 saturated heterocycles. The highest BCUT2D eigenvalue weighted by molar-refractivity contribution is 6.76. The molecule has 0 bridgehead atoms. The van der Waals surface area contributed by atoms with Crippen LogP contribution in [0, 0.1) is 5.92 Å². The number of carbonyl (C=O) groups excluding carboxylic acids is 1. The molecule has 1 N–H and O–H groups in total. The summed E-state index contributed by atoms with van der Waals surface area (Å²) in [5.74, 6) is -0.379. The second kappa shape index (κ2) is 7.48. The maximum atomic E-state index is 12.7. The summed E-state index contributed by atoms with van der Waals surface area (Å²) in [4.78, 5) is 12.1. The van der Waals surface area contributed by atoms with Gasteiger partial charge in [0.05, 0.1) is 6.10 Å². The van der Waals surface area contributed by atoms with Crippen molar-refractivity contribution in [2.45, 2.75) is 56.9 Å². The lowest BCUT2D eigenvalue weighted by Gasteiger charge is -2.29. The molecule has 1 rings (SSSR count). The van der Waals surface area contributed by atoms with E-state index in [2.05, 4.69) is 19.6 Å². The maximum Gasteiger partial charge on any atom is 0.140 e. The summed E-state index contributed by atoms with van der Waals surface area (Å²) >= 11 is 12.1. The topological polar surface area (TPSA) is 37.3 Å². The molecule has 1 aromatic carbocycles. The molecule has 0 radical (unpaired) electrons. The Labute approximate surface area is 144 Å². The van der Waals surface area contributed by atoms with E-state index < -0.39 is 25.0 Å². The molecule has 124 valence electrons. The lowest BCUT2D eigenvalue weighted by atomic mass is 9.89. The highest BCUT2D eigenvalue weighted by Crippen LogP contribution is 2.34. The van der Waals surface area contributed by atoms with E-state index in [-0.39, 0.29) is 12.2 Å². The van der Waals surface area contributed by atoms with Crippen LogP contribution in [0.25, 0.3) is 0 Å². The first kappa shape index (κ1) is 19.7. The largest absolute Gasteiger partial charge is 0.388 e. The van der Waals surface area contributed by atoms with Crippen molar-refractivity contribution in [2.24, 2.45) is 5.92 Å². The molecule has 0 aliphatic rings. The van der Waals surface area contributed by atoms with E-state index in [4.69, 9.17) is 23.2 Å². The van der Waals surface area contributed by atoms with Crippen LogP contribution in [0.1, 0.15) is 31.9 Å². The van der Waals surface area contributed by atoms with Gasteiger partial charge in [-0.1, -0.05) is 43.4 Å². The Hall–Kier alpha value is -0.353. The zero-order valence-corrected chi connectivity index (χ0v) is 16.5. The van der Waals surface area contributed by atoms with Crippen LogP contribution in [-0.2, 0) is 4.79 Å². The van der Waals surface area contributed by atoms with Gasteiger partial charge in [-0.25, -0.2) is 0 Å². The molecule has 0 fully saturated rings. The minimum Gasteiger partial charge on any atom is -0.388 e. The Morgan fingerprint density at radius 2 is 1.73 bits per heavy atom. The van der Waals surface area contributed by atoms with Crippen molar-refractivity contribution < 1.29 is 9.90 Å². The van der Waals surface area contributed by atoms with E-state index in [0.29, 0.717) is 5.02 Å². The lowest BCUT2D eigenvalue weighted by molar-refractivity contribution is -0.126. The smallest absolute Gasteiger partial charge is 0.140 e. The predicted octanol–water partition coefficient (Wildman–Crippen LogP) is 5.30. The number of hydrogen-bond donors (Lipinski definition) is 1. The second-order valence-corrected chi connectivity index (χ2v) is 14.7. The fourth-order valence-corrected chi connectivity index (χ4v) is 4.53. The molecule has 0 aliphatic carbocycles. The summed E-state index contributed by atoms with van der Waals surface area (Å²) in [6, 6.07) is 7.78. The van der Waals surface area contributed by atoms with Gasteiger partial charge in [0.2, 0.25) is 0 Å². The van der Waals surface area contributed by atoms with Gasteiger partial charge in [0.1, 0.15) is 5.78 Å². The van der Waals surface area contributed by atoms with Gasteiger partial charge in [-0.2, -0.15) is 0 Å². The van der Waals surface area contributed by atoms with Crippen LogP contribution >= 0.6 is 23.2 Å². The van der Waals surface area contributed by atoms with Crippen molar-refractivity contribution in [1.82, 2.24) is 0 Å². The van der Waals surface area contributed by atoms with Crippen molar-refractivity contribution in [2.75, 3.05) is 0 Å². The third kappa shape index (κ3) is 6.82. The van der Waals surface area contributed by atoms with E-state index in [0.717, 1.165) is 11.6 Å². The summed E-state index contributed by atoms with van der Waals surface area (Å²) in [6.45, 7) is 10.3. The normalized spacial score (nSPS) is 15.5. The number of halogens is 2. The minimum atomic E-state index is -1.51. The maximum absolute atomic E-state index is 12.7. The van der Waals surface area contributed by atoms with E-state index in [9.17, 15) is 9.90 Å². The Morgan fingerprint density at radius 3 is 2.14 bits per heavy atom. The van der Waals surface area contributed by atoms with Crippen LogP contribution in [-0.4, -0.2) is 23.8 Å². The van der Waals surface area contributed by atoms with Gasteiger partial charge in [-0.15, -0.1) is 11.6 Å². The second-order valence-electron chi connectivity index (χ2n) is 7.73. The van der Waals surface area contributed by atoms with Gasteiger partial charge >= 0.3 is 0 Å². The van der Waals surface area contributed by atoms with E-state index in [1.54, 1.807) is 24.3 Å². The molecule has 22 heavy (non-hydrogen) atoms. The third-order valence-electron chi connectivity index (χ3n) is 3.43. The molecule has 0 spiro atoms. The summed E-state index contributed by atoms with van der Waals surface area (Å²) in [5, 5.41) is 11.3. The third-order valence-corrected chi connectivity index (χ3v) is 5.48. The summed E-state index contributed by atoms with van der Waals surface area (Å²) in [7, 11) is -1.51. The molecule has 2 atom stereocenters. The van der Waals surface area contributed by atoms with Crippen molar-refractivity contribution >= 4 is 37.1 Å². The fourth-order valence-electron chi connectivity index (χ4n) is 2.50. The number of aliphatic hydroxyl groups excluding tert-OH is 1. The standard InChI is InChI=1S/C17H26Cl2O2Si/c1-17(2,19)10-15(20)14(11-22(3,4)5)16(21)12-6-8-13(18)9-7-12/h6-9,14,16,21H,10-11H2,1-5H3/t14-,16-/m1/s1. The molecule has 1 aromatic rings. The molecule has 0 heterocycles. The first-order valence-corrected chi connectivity index (χ1v) is 12.0. The van der Waals surface area contributed by atoms with Gasteiger partial charge in [0.15, 0.2) is 0 Å². The average Bonchev–Trinajstić information content (AvgIpc) is 2.33. The van der Waals surface area contributed by atoms with E-state index in [1.165, 1.54) is 0 Å². The zero-order valence-electron chi connectivity index (χ0n) is 14.0. The van der Waals surface area contributed by atoms with Gasteiger partial charge in [0, 0.05) is 30.3 Å². The highest BCUT2D eigenvalue weighted by atomic mass is 35.5. The highest BCUT2D eigenvalue weighted by Gasteiger charge is 2.34. The van der Waals surface area contributed by atoms with Crippen LogP contribution in [0.4, 0.5) is 0 Å². The number of rotatable bonds is 7. The number of benzene rings is 1. The first-order valence-electron chi connectivity index (χ1n) is 7.54. The van der Waals surface area contributed by atoms with Crippen LogP contribution in [0.3, 0.4) is 0 Å². The first-order chi connectivity index (χ1) is 9.89. The SMILES string of the molecule is CC(C)(Cl)CC(=O)[C@@H](C[Si](C)(C)C)[C@H](O)c1ccc(Cl)cc1. The van der Waals surface area contributed by atoms with Crippen molar-refractivity contribution in [3.63, 3.8) is 0 Å². The number of ketones is 1. The molecular weight excluding hydrogens is 335 g/mol. The van der Waals surface area contributed by atoms with Gasteiger partial charge < -0.3 is 5.11 Å².